The van der Waals surface area contributed by atoms with Crippen LogP contribution in [-0.4, -0.2) is 30.4 Å². The van der Waals surface area contributed by atoms with Gasteiger partial charge in [0, 0.05) is 25.2 Å². The highest BCUT2D eigenvalue weighted by molar-refractivity contribution is 6.09. The molecule has 0 saturated carbocycles. The van der Waals surface area contributed by atoms with Crippen molar-refractivity contribution in [3.8, 4) is 11.5 Å². The molecule has 5 heteroatoms. The summed E-state index contributed by atoms with van der Waals surface area (Å²) in [6.07, 6.45) is 9.19. The number of ether oxygens (including phenoxy) is 2. The number of esters is 1. The second-order valence-electron chi connectivity index (χ2n) is 8.93. The Morgan fingerprint density at radius 3 is 2.38 bits per heavy atom. The Bertz CT molecular complexity index is 1080. The maximum atomic E-state index is 13.1. The van der Waals surface area contributed by atoms with Crippen molar-refractivity contribution >= 4 is 29.6 Å². The van der Waals surface area contributed by atoms with Crippen LogP contribution in [-0.2, 0) is 4.79 Å². The summed E-state index contributed by atoms with van der Waals surface area (Å²) in [5, 5.41) is 0. The number of fused-ring (bicyclic) bond motifs is 1. The van der Waals surface area contributed by atoms with Gasteiger partial charge in [-0.1, -0.05) is 31.6 Å². The molecule has 2 aromatic rings. The molecule has 1 aliphatic heterocycles. The predicted octanol–water partition coefficient (Wildman–Crippen LogP) is 6.71. The minimum absolute atomic E-state index is 0.168. The Balaban J connectivity index is 1.85. The van der Waals surface area contributed by atoms with Gasteiger partial charge >= 0.3 is 5.97 Å². The van der Waals surface area contributed by atoms with Gasteiger partial charge in [0.2, 0.25) is 0 Å². The molecular weight excluding hydrogens is 426 g/mol. The molecule has 0 aliphatic carbocycles. The number of hydrogen-bond donors (Lipinski definition) is 0. The van der Waals surface area contributed by atoms with Gasteiger partial charge in [-0.15, -0.1) is 0 Å². The van der Waals surface area contributed by atoms with Crippen molar-refractivity contribution in [1.82, 2.24) is 0 Å². The van der Waals surface area contributed by atoms with Crippen molar-refractivity contribution in [2.75, 3.05) is 18.0 Å². The topological polar surface area (TPSA) is 55.8 Å². The van der Waals surface area contributed by atoms with E-state index in [9.17, 15) is 9.59 Å². The molecular formula is C29H35NO4. The second-order valence-corrected chi connectivity index (χ2v) is 8.93. The highest BCUT2D eigenvalue weighted by Crippen LogP contribution is 2.40. The number of nitrogens with zero attached hydrogens (tertiary/aromatic N) is 1. The minimum atomic E-state index is -0.573. The molecule has 180 valence electrons. The maximum Gasteiger partial charge on any atom is 0.311 e. The Kier molecular flexibility index (Phi) is 8.32. The van der Waals surface area contributed by atoms with Crippen LogP contribution in [0.1, 0.15) is 75.4 Å². The lowest BCUT2D eigenvalue weighted by Crippen LogP contribution is -2.29. The first-order valence-electron chi connectivity index (χ1n) is 12.1. The lowest BCUT2D eigenvalue weighted by atomic mass is 9.97. The van der Waals surface area contributed by atoms with Crippen LogP contribution in [0, 0.1) is 0 Å². The van der Waals surface area contributed by atoms with Gasteiger partial charge in [0.25, 0.3) is 0 Å². The number of hydrogen-bond acceptors (Lipinski definition) is 5. The zero-order valence-electron chi connectivity index (χ0n) is 20.9. The molecule has 0 radical (unpaired) electrons. The van der Waals surface area contributed by atoms with Crippen molar-refractivity contribution in [3.05, 3.63) is 65.2 Å². The summed E-state index contributed by atoms with van der Waals surface area (Å²) in [7, 11) is 0. The van der Waals surface area contributed by atoms with Gasteiger partial charge in [0.05, 0.1) is 11.1 Å². The van der Waals surface area contributed by atoms with Crippen LogP contribution in [0.3, 0.4) is 0 Å². The molecule has 0 atom stereocenters. The summed E-state index contributed by atoms with van der Waals surface area (Å²) >= 11 is 0. The maximum absolute atomic E-state index is 13.1. The number of benzene rings is 2. The molecule has 1 heterocycles. The Morgan fingerprint density at radius 2 is 1.74 bits per heavy atom. The molecule has 3 rings (SSSR count). The van der Waals surface area contributed by atoms with Crippen LogP contribution in [0.15, 0.2) is 48.6 Å². The standard InChI is InChI=1S/C29H35NO4/c1-6-9-10-27(32)33-26-18-16-23(28-24(26)19-20-29(4,5)34-28)25(31)17-13-21-11-14-22(15-12-21)30(7-2)8-3/h11-20H,6-10H2,1-5H3/b17-13+. The van der Waals surface area contributed by atoms with Crippen LogP contribution in [0.2, 0.25) is 0 Å². The third-order valence-corrected chi connectivity index (χ3v) is 5.85. The lowest BCUT2D eigenvalue weighted by molar-refractivity contribution is -0.134. The number of anilines is 1. The fraction of sp³-hybridized carbons (Fsp3) is 0.379. The molecule has 0 saturated heterocycles. The normalized spacial score (nSPS) is 13.9. The molecule has 34 heavy (non-hydrogen) atoms. The predicted molar refractivity (Wildman–Crippen MR) is 139 cm³/mol. The highest BCUT2D eigenvalue weighted by atomic mass is 16.5. The van der Waals surface area contributed by atoms with Crippen LogP contribution in [0.25, 0.3) is 12.2 Å². The highest BCUT2D eigenvalue weighted by Gasteiger charge is 2.28. The Labute approximate surface area is 203 Å². The molecule has 0 aromatic heterocycles. The number of allylic oxidation sites excluding steroid dienone is 1. The van der Waals surface area contributed by atoms with Crippen molar-refractivity contribution in [2.45, 2.75) is 59.5 Å². The summed E-state index contributed by atoms with van der Waals surface area (Å²) in [5.74, 6) is 0.406. The minimum Gasteiger partial charge on any atom is -0.482 e. The molecule has 0 amide bonds. The molecule has 0 spiro atoms. The molecule has 2 aromatic carbocycles. The lowest BCUT2D eigenvalue weighted by Gasteiger charge is -2.29. The zero-order chi connectivity index (χ0) is 24.7. The van der Waals surface area contributed by atoms with E-state index in [4.69, 9.17) is 9.47 Å². The number of carbonyl (C=O) groups is 2. The molecule has 0 bridgehead atoms. The summed E-state index contributed by atoms with van der Waals surface area (Å²) in [6.45, 7) is 12.0. The van der Waals surface area contributed by atoms with Crippen molar-refractivity contribution in [2.24, 2.45) is 0 Å². The van der Waals surface area contributed by atoms with E-state index in [1.54, 1.807) is 18.2 Å². The summed E-state index contributed by atoms with van der Waals surface area (Å²) < 4.78 is 11.7. The van der Waals surface area contributed by atoms with Crippen LogP contribution < -0.4 is 14.4 Å². The molecule has 1 aliphatic rings. The average molecular weight is 462 g/mol. The first kappa shape index (κ1) is 25.3. The monoisotopic (exact) mass is 461 g/mol. The van der Waals surface area contributed by atoms with E-state index in [0.717, 1.165) is 37.2 Å². The molecule has 0 N–H and O–H groups in total. The van der Waals surface area contributed by atoms with E-state index in [2.05, 4.69) is 30.9 Å². The van der Waals surface area contributed by atoms with Gasteiger partial charge in [-0.2, -0.15) is 0 Å². The van der Waals surface area contributed by atoms with Crippen molar-refractivity contribution in [3.63, 3.8) is 0 Å². The third kappa shape index (κ3) is 6.16. The number of unbranched alkanes of at least 4 members (excludes halogenated alkanes) is 1. The first-order valence-corrected chi connectivity index (χ1v) is 12.1. The summed E-state index contributed by atoms with van der Waals surface area (Å²) in [5.41, 5.74) is 2.59. The average Bonchev–Trinajstić information content (AvgIpc) is 2.82. The summed E-state index contributed by atoms with van der Waals surface area (Å²) in [4.78, 5) is 27.6. The number of rotatable bonds is 10. The summed E-state index contributed by atoms with van der Waals surface area (Å²) in [6, 6.07) is 11.5. The third-order valence-electron chi connectivity index (χ3n) is 5.85. The Hall–Kier alpha value is -3.34. The van der Waals surface area contributed by atoms with Crippen LogP contribution >= 0.6 is 0 Å². The molecule has 5 nitrogen and oxygen atoms in total. The molecule has 0 fully saturated rings. The van der Waals surface area contributed by atoms with Gasteiger partial charge in [-0.3, -0.25) is 9.59 Å². The largest absolute Gasteiger partial charge is 0.482 e. The van der Waals surface area contributed by atoms with Crippen molar-refractivity contribution in [1.29, 1.82) is 0 Å². The van der Waals surface area contributed by atoms with Gasteiger partial charge < -0.3 is 14.4 Å². The van der Waals surface area contributed by atoms with E-state index in [1.807, 2.05) is 51.1 Å². The smallest absolute Gasteiger partial charge is 0.311 e. The van der Waals surface area contributed by atoms with E-state index < -0.39 is 5.60 Å². The quantitative estimate of drug-likeness (QED) is 0.170. The zero-order valence-corrected chi connectivity index (χ0v) is 20.9. The van der Waals surface area contributed by atoms with Gasteiger partial charge in [-0.25, -0.2) is 0 Å². The fourth-order valence-electron chi connectivity index (χ4n) is 3.85. The van der Waals surface area contributed by atoms with E-state index in [0.29, 0.717) is 29.0 Å². The number of ketones is 1. The van der Waals surface area contributed by atoms with E-state index in [1.165, 1.54) is 0 Å². The van der Waals surface area contributed by atoms with Gasteiger partial charge in [0.15, 0.2) is 5.78 Å². The van der Waals surface area contributed by atoms with Crippen LogP contribution in [0.4, 0.5) is 5.69 Å². The molecule has 0 unspecified atom stereocenters. The van der Waals surface area contributed by atoms with E-state index in [-0.39, 0.29) is 11.8 Å². The van der Waals surface area contributed by atoms with Crippen molar-refractivity contribution < 1.29 is 19.1 Å². The van der Waals surface area contributed by atoms with Crippen LogP contribution in [0.5, 0.6) is 11.5 Å². The van der Waals surface area contributed by atoms with Gasteiger partial charge in [0.1, 0.15) is 17.1 Å². The fourth-order valence-corrected chi connectivity index (χ4v) is 3.85. The first-order chi connectivity index (χ1) is 16.3. The van der Waals surface area contributed by atoms with E-state index >= 15 is 0 Å². The Morgan fingerprint density at radius 1 is 1.03 bits per heavy atom. The number of carbonyl (C=O) groups excluding carboxylic acids is 2. The second kappa shape index (κ2) is 11.2. The van der Waals surface area contributed by atoms with Gasteiger partial charge in [-0.05, 0) is 82.2 Å². The SMILES string of the molecule is CCCCC(=O)Oc1ccc(C(=O)/C=C/c2ccc(N(CC)CC)cc2)c2c1C=CC(C)(C)O2.